The molecule has 2 aromatic carbocycles. The third-order valence-electron chi connectivity index (χ3n) is 3.31. The highest BCUT2D eigenvalue weighted by atomic mass is 32.1. The van der Waals surface area contributed by atoms with Crippen LogP contribution in [0.15, 0.2) is 53.6 Å². The van der Waals surface area contributed by atoms with Crippen molar-refractivity contribution in [2.24, 2.45) is 0 Å². The van der Waals surface area contributed by atoms with Crippen LogP contribution in [0.3, 0.4) is 0 Å². The van der Waals surface area contributed by atoms with E-state index in [1.165, 1.54) is 16.5 Å². The molecule has 3 aromatic rings. The summed E-state index contributed by atoms with van der Waals surface area (Å²) in [6, 6.07) is 14.8. The number of benzene rings is 2. The maximum Gasteiger partial charge on any atom is 0.0474 e. The molecule has 0 aliphatic heterocycles. The minimum absolute atomic E-state index is 0.821. The number of nitrogens with one attached hydrogen (secondary N) is 2. The van der Waals surface area contributed by atoms with E-state index < -0.39 is 0 Å². The lowest BCUT2D eigenvalue weighted by atomic mass is 10.1. The lowest BCUT2D eigenvalue weighted by Crippen LogP contribution is -1.99. The zero-order valence-corrected chi connectivity index (χ0v) is 11.7. The summed E-state index contributed by atoms with van der Waals surface area (Å²) in [5.74, 6) is 0. The van der Waals surface area contributed by atoms with Gasteiger partial charge in [-0.25, -0.2) is 0 Å². The molecule has 0 radical (unpaired) electrons. The van der Waals surface area contributed by atoms with Gasteiger partial charge in [-0.2, -0.15) is 0 Å². The number of hydrogen-bond donors (Lipinski definition) is 3. The summed E-state index contributed by atoms with van der Waals surface area (Å²) in [7, 11) is 0. The molecule has 0 saturated carbocycles. The van der Waals surface area contributed by atoms with Crippen molar-refractivity contribution in [2.45, 2.75) is 18.4 Å². The van der Waals surface area contributed by atoms with E-state index in [1.54, 1.807) is 0 Å². The van der Waals surface area contributed by atoms with Gasteiger partial charge in [-0.1, -0.05) is 18.2 Å². The molecule has 0 aliphatic carbocycles. The highest BCUT2D eigenvalue weighted by Gasteiger charge is 1.99. The van der Waals surface area contributed by atoms with Crippen molar-refractivity contribution in [1.82, 2.24) is 4.98 Å². The van der Waals surface area contributed by atoms with Crippen LogP contribution in [0, 0.1) is 6.92 Å². The summed E-state index contributed by atoms with van der Waals surface area (Å²) in [4.78, 5) is 4.26. The molecule has 1 heterocycles. The fourth-order valence-corrected chi connectivity index (χ4v) is 2.33. The van der Waals surface area contributed by atoms with Crippen LogP contribution in [0.5, 0.6) is 0 Å². The second-order valence-corrected chi connectivity index (χ2v) is 5.24. The molecule has 2 nitrogen and oxygen atoms in total. The minimum Gasteiger partial charge on any atom is -0.381 e. The molecule has 2 N–H and O–H groups in total. The maximum atomic E-state index is 4.39. The summed E-state index contributed by atoms with van der Waals surface area (Å²) in [6.07, 6.45) is 1.96. The third-order valence-corrected chi connectivity index (χ3v) is 3.81. The first-order valence-electron chi connectivity index (χ1n) is 6.32. The Hall–Kier alpha value is -1.87. The van der Waals surface area contributed by atoms with Crippen molar-refractivity contribution < 1.29 is 0 Å². The van der Waals surface area contributed by atoms with Crippen LogP contribution in [0.4, 0.5) is 5.69 Å². The lowest BCUT2D eigenvalue weighted by molar-refractivity contribution is 1.12. The van der Waals surface area contributed by atoms with E-state index in [4.69, 9.17) is 0 Å². The predicted molar refractivity (Wildman–Crippen MR) is 84.1 cm³/mol. The minimum atomic E-state index is 0.821. The number of aromatic amines is 1. The number of H-pyrrole nitrogens is 1. The average Bonchev–Trinajstić information content (AvgIpc) is 2.87. The SMILES string of the molecule is Cc1cc(CNc2ccc3cc[nH]c3c2)ccc1S. The van der Waals surface area contributed by atoms with E-state index >= 15 is 0 Å². The van der Waals surface area contributed by atoms with E-state index in [0.29, 0.717) is 0 Å². The molecule has 96 valence electrons. The molecule has 0 bridgehead atoms. The van der Waals surface area contributed by atoms with Crippen molar-refractivity contribution in [3.05, 3.63) is 59.8 Å². The average molecular weight is 268 g/mol. The van der Waals surface area contributed by atoms with Gasteiger partial charge in [-0.15, -0.1) is 12.6 Å². The molecule has 1 aromatic heterocycles. The quantitative estimate of drug-likeness (QED) is 0.604. The van der Waals surface area contributed by atoms with Gasteiger partial charge in [0.25, 0.3) is 0 Å². The molecule has 0 amide bonds. The lowest BCUT2D eigenvalue weighted by Gasteiger charge is -2.08. The molecule has 0 unspecified atom stereocenters. The van der Waals surface area contributed by atoms with Gasteiger partial charge in [0.15, 0.2) is 0 Å². The van der Waals surface area contributed by atoms with E-state index in [9.17, 15) is 0 Å². The standard InChI is InChI=1S/C16H16N2S/c1-11-8-12(2-5-16(11)19)10-18-14-4-3-13-6-7-17-15(13)9-14/h2-9,17-19H,10H2,1H3. The zero-order chi connectivity index (χ0) is 13.2. The van der Waals surface area contributed by atoms with E-state index in [-0.39, 0.29) is 0 Å². The fraction of sp³-hybridized carbons (Fsp3) is 0.125. The number of anilines is 1. The first-order chi connectivity index (χ1) is 9.22. The van der Waals surface area contributed by atoms with Crippen LogP contribution in [0.2, 0.25) is 0 Å². The van der Waals surface area contributed by atoms with Crippen molar-refractivity contribution in [1.29, 1.82) is 0 Å². The normalized spacial score (nSPS) is 10.8. The third kappa shape index (κ3) is 2.61. The van der Waals surface area contributed by atoms with Crippen LogP contribution in [0.25, 0.3) is 10.9 Å². The summed E-state index contributed by atoms with van der Waals surface area (Å²) < 4.78 is 0. The molecular formula is C16H16N2S. The highest BCUT2D eigenvalue weighted by molar-refractivity contribution is 7.80. The zero-order valence-electron chi connectivity index (χ0n) is 10.8. The molecule has 0 atom stereocenters. The van der Waals surface area contributed by atoms with Gasteiger partial charge >= 0.3 is 0 Å². The molecule has 0 saturated heterocycles. The van der Waals surface area contributed by atoms with Crippen molar-refractivity contribution in [2.75, 3.05) is 5.32 Å². The summed E-state index contributed by atoms with van der Waals surface area (Å²) in [5, 5.41) is 4.68. The first kappa shape index (κ1) is 12.2. The summed E-state index contributed by atoms with van der Waals surface area (Å²) in [5.41, 5.74) is 4.76. The molecule has 0 spiro atoms. The van der Waals surface area contributed by atoms with Crippen molar-refractivity contribution in [3.63, 3.8) is 0 Å². The number of hydrogen-bond acceptors (Lipinski definition) is 2. The number of fused-ring (bicyclic) bond motifs is 1. The van der Waals surface area contributed by atoms with Crippen LogP contribution in [-0.2, 0) is 6.54 Å². The predicted octanol–water partition coefficient (Wildman–Crippen LogP) is 4.38. The Kier molecular flexibility index (Phi) is 3.22. The first-order valence-corrected chi connectivity index (χ1v) is 6.76. The molecule has 0 aliphatic rings. The van der Waals surface area contributed by atoms with Gasteiger partial charge in [-0.05, 0) is 47.7 Å². The van der Waals surface area contributed by atoms with E-state index in [2.05, 4.69) is 66.3 Å². The summed E-state index contributed by atoms with van der Waals surface area (Å²) >= 11 is 4.39. The second kappa shape index (κ2) is 5.02. The Balaban J connectivity index is 1.75. The Morgan fingerprint density at radius 2 is 2.00 bits per heavy atom. The molecular weight excluding hydrogens is 252 g/mol. The van der Waals surface area contributed by atoms with Crippen LogP contribution >= 0.6 is 12.6 Å². The van der Waals surface area contributed by atoms with Gasteiger partial charge in [-0.3, -0.25) is 0 Å². The molecule has 0 fully saturated rings. The fourth-order valence-electron chi connectivity index (χ4n) is 2.19. The maximum absolute atomic E-state index is 4.39. The molecule has 19 heavy (non-hydrogen) atoms. The molecule has 3 heteroatoms. The van der Waals surface area contributed by atoms with Gasteiger partial charge in [0, 0.05) is 28.8 Å². The van der Waals surface area contributed by atoms with E-state index in [1.807, 2.05) is 12.3 Å². The topological polar surface area (TPSA) is 27.8 Å². The van der Waals surface area contributed by atoms with Crippen molar-refractivity contribution in [3.8, 4) is 0 Å². The summed E-state index contributed by atoms with van der Waals surface area (Å²) in [6.45, 7) is 2.90. The monoisotopic (exact) mass is 268 g/mol. The van der Waals surface area contributed by atoms with Gasteiger partial charge in [0.2, 0.25) is 0 Å². The Morgan fingerprint density at radius 3 is 2.84 bits per heavy atom. The second-order valence-electron chi connectivity index (χ2n) is 4.75. The Bertz CT molecular complexity index is 716. The van der Waals surface area contributed by atoms with Crippen LogP contribution in [-0.4, -0.2) is 4.98 Å². The smallest absolute Gasteiger partial charge is 0.0474 e. The largest absolute Gasteiger partial charge is 0.381 e. The molecule has 3 rings (SSSR count). The Labute approximate surface area is 118 Å². The van der Waals surface area contributed by atoms with E-state index in [0.717, 1.165) is 22.6 Å². The van der Waals surface area contributed by atoms with Crippen LogP contribution < -0.4 is 5.32 Å². The Morgan fingerprint density at radius 1 is 1.11 bits per heavy atom. The van der Waals surface area contributed by atoms with Crippen molar-refractivity contribution >= 4 is 29.2 Å². The van der Waals surface area contributed by atoms with Gasteiger partial charge in [0.05, 0.1) is 0 Å². The van der Waals surface area contributed by atoms with Gasteiger partial charge in [0.1, 0.15) is 0 Å². The number of rotatable bonds is 3. The van der Waals surface area contributed by atoms with Crippen LogP contribution in [0.1, 0.15) is 11.1 Å². The number of aryl methyl sites for hydroxylation is 1. The number of thiol groups is 1. The highest BCUT2D eigenvalue weighted by Crippen LogP contribution is 2.19. The number of aromatic nitrogens is 1. The van der Waals surface area contributed by atoms with Gasteiger partial charge < -0.3 is 10.3 Å².